The topological polar surface area (TPSA) is 83.0 Å². The van der Waals surface area contributed by atoms with E-state index in [1.165, 1.54) is 28.8 Å². The molecule has 3 aromatic heterocycles. The van der Waals surface area contributed by atoms with Crippen LogP contribution in [-0.2, 0) is 24.2 Å². The van der Waals surface area contributed by atoms with E-state index in [-0.39, 0.29) is 11.2 Å². The molecule has 24 heavy (non-hydrogen) atoms. The van der Waals surface area contributed by atoms with Crippen LogP contribution in [0.2, 0.25) is 0 Å². The number of fused-ring (bicyclic) bond motifs is 5. The summed E-state index contributed by atoms with van der Waals surface area (Å²) in [6, 6.07) is 0. The van der Waals surface area contributed by atoms with Crippen LogP contribution in [-0.4, -0.2) is 20.2 Å². The van der Waals surface area contributed by atoms with Crippen molar-refractivity contribution in [1.82, 2.24) is 14.6 Å². The fraction of sp³-hybridized carbons (Fsp3) is 0.471. The smallest absolute Gasteiger partial charge is 0.289 e. The number of nitrogen functional groups attached to an aromatic ring is 1. The molecule has 6 nitrogen and oxygen atoms in total. The lowest BCUT2D eigenvalue weighted by Crippen LogP contribution is -2.32. The van der Waals surface area contributed by atoms with Crippen LogP contribution < -0.4 is 11.4 Å². The third-order valence-electron chi connectivity index (χ3n) is 4.55. The molecule has 0 unspecified atom stereocenters. The minimum atomic E-state index is -0.234. The minimum absolute atomic E-state index is 0.222. The number of aryl methyl sites for hydroxylation is 1. The predicted molar refractivity (Wildman–Crippen MR) is 95.9 cm³/mol. The van der Waals surface area contributed by atoms with Crippen molar-refractivity contribution in [2.75, 3.05) is 5.84 Å². The molecular weight excluding hydrogens is 324 g/mol. The number of hydrogen-bond acceptors (Lipinski definition) is 6. The maximum Gasteiger partial charge on any atom is 0.289 e. The average molecular weight is 344 g/mol. The first kappa shape index (κ1) is 15.5. The Labute approximate surface area is 143 Å². The van der Waals surface area contributed by atoms with Crippen molar-refractivity contribution in [3.63, 3.8) is 0 Å². The van der Waals surface area contributed by atoms with Crippen LogP contribution in [0.3, 0.4) is 0 Å². The quantitative estimate of drug-likeness (QED) is 0.722. The molecule has 0 fully saturated rings. The molecule has 1 aliphatic heterocycles. The van der Waals surface area contributed by atoms with Gasteiger partial charge >= 0.3 is 0 Å². The number of hydrogen-bond donors (Lipinski definition) is 1. The number of nitrogens with zero attached hydrogens (tertiary/aromatic N) is 3. The number of pyridine rings is 1. The van der Waals surface area contributed by atoms with Gasteiger partial charge in [0.05, 0.1) is 17.7 Å². The Morgan fingerprint density at radius 2 is 2.21 bits per heavy atom. The molecule has 0 aliphatic carbocycles. The zero-order valence-electron chi connectivity index (χ0n) is 14.0. The molecule has 1 aliphatic rings. The highest BCUT2D eigenvalue weighted by atomic mass is 32.1. The molecule has 7 heteroatoms. The maximum absolute atomic E-state index is 12.4. The van der Waals surface area contributed by atoms with Gasteiger partial charge in [-0.25, -0.2) is 14.6 Å². The lowest BCUT2D eigenvalue weighted by molar-refractivity contribution is -0.0401. The Balaban J connectivity index is 2.13. The van der Waals surface area contributed by atoms with E-state index in [4.69, 9.17) is 15.6 Å². The average Bonchev–Trinajstić information content (AvgIpc) is 2.89. The van der Waals surface area contributed by atoms with Gasteiger partial charge in [-0.2, -0.15) is 0 Å². The first-order valence-corrected chi connectivity index (χ1v) is 8.96. The molecule has 2 N–H and O–H groups in total. The molecule has 0 aromatic carbocycles. The number of aromatic nitrogens is 3. The molecule has 0 amide bonds. The summed E-state index contributed by atoms with van der Waals surface area (Å²) >= 11 is 1.39. The largest absolute Gasteiger partial charge is 0.370 e. The molecule has 0 saturated heterocycles. The highest BCUT2D eigenvalue weighted by Crippen LogP contribution is 2.39. The standard InChI is InChI=1S/C17H20N4O2S/c1-4-5-11-10-7-23-17(2,3)6-9(10)12-13-14(24-15(12)20-11)16(22)21(18)8-19-13/h8H,4-7,18H2,1-3H3. The SMILES string of the molecule is CCCc1nc2sc3c(=O)n(N)cnc3c2c2c1COC(C)(C)C2. The first-order chi connectivity index (χ1) is 11.4. The Bertz CT molecular complexity index is 1020. The number of thiophene rings is 1. The van der Waals surface area contributed by atoms with Crippen molar-refractivity contribution in [1.29, 1.82) is 0 Å². The summed E-state index contributed by atoms with van der Waals surface area (Å²) in [5.41, 5.74) is 3.73. The van der Waals surface area contributed by atoms with Crippen LogP contribution in [0.15, 0.2) is 11.1 Å². The normalized spacial score (nSPS) is 16.6. The van der Waals surface area contributed by atoms with Crippen molar-refractivity contribution in [3.8, 4) is 0 Å². The van der Waals surface area contributed by atoms with E-state index in [0.717, 1.165) is 39.8 Å². The van der Waals surface area contributed by atoms with Crippen molar-refractivity contribution in [2.45, 2.75) is 52.2 Å². The molecule has 3 aromatic rings. The highest BCUT2D eigenvalue weighted by Gasteiger charge is 2.31. The van der Waals surface area contributed by atoms with Gasteiger partial charge < -0.3 is 10.6 Å². The van der Waals surface area contributed by atoms with E-state index < -0.39 is 0 Å². The zero-order chi connectivity index (χ0) is 17.1. The fourth-order valence-corrected chi connectivity index (χ4v) is 4.50. The van der Waals surface area contributed by atoms with Crippen molar-refractivity contribution >= 4 is 31.8 Å². The van der Waals surface area contributed by atoms with Crippen LogP contribution in [0.1, 0.15) is 44.0 Å². The molecule has 0 bridgehead atoms. The summed E-state index contributed by atoms with van der Waals surface area (Å²) in [4.78, 5) is 22.5. The van der Waals surface area contributed by atoms with E-state index in [1.54, 1.807) is 0 Å². The number of nitrogens with two attached hydrogens (primary N) is 1. The number of rotatable bonds is 2. The van der Waals surface area contributed by atoms with Crippen LogP contribution in [0.4, 0.5) is 0 Å². The molecular formula is C17H20N4O2S. The first-order valence-electron chi connectivity index (χ1n) is 8.15. The number of ether oxygens (including phenoxy) is 1. The molecule has 0 atom stereocenters. The van der Waals surface area contributed by atoms with Crippen molar-refractivity contribution in [3.05, 3.63) is 33.5 Å². The van der Waals surface area contributed by atoms with Crippen molar-refractivity contribution < 1.29 is 4.74 Å². The highest BCUT2D eigenvalue weighted by molar-refractivity contribution is 7.25. The lowest BCUT2D eigenvalue weighted by atomic mass is 9.88. The lowest BCUT2D eigenvalue weighted by Gasteiger charge is -2.33. The fourth-order valence-electron chi connectivity index (χ4n) is 3.39. The Hall–Kier alpha value is -1.99. The Morgan fingerprint density at radius 3 is 2.96 bits per heavy atom. The monoisotopic (exact) mass is 344 g/mol. The van der Waals surface area contributed by atoms with Gasteiger partial charge in [-0.15, -0.1) is 11.3 Å². The van der Waals surface area contributed by atoms with E-state index in [9.17, 15) is 4.79 Å². The maximum atomic E-state index is 12.4. The van der Waals surface area contributed by atoms with E-state index in [2.05, 4.69) is 25.8 Å². The van der Waals surface area contributed by atoms with Gasteiger partial charge in [0.1, 0.15) is 15.9 Å². The summed E-state index contributed by atoms with van der Waals surface area (Å²) in [6.45, 7) is 6.89. The van der Waals surface area contributed by atoms with Gasteiger partial charge in [0.25, 0.3) is 5.56 Å². The van der Waals surface area contributed by atoms with Gasteiger partial charge in [0.2, 0.25) is 0 Å². The summed E-state index contributed by atoms with van der Waals surface area (Å²) in [5.74, 6) is 5.67. The molecule has 0 spiro atoms. The van der Waals surface area contributed by atoms with Crippen LogP contribution in [0.5, 0.6) is 0 Å². The van der Waals surface area contributed by atoms with E-state index in [1.807, 2.05) is 0 Å². The Morgan fingerprint density at radius 1 is 1.42 bits per heavy atom. The molecule has 126 valence electrons. The van der Waals surface area contributed by atoms with E-state index >= 15 is 0 Å². The van der Waals surface area contributed by atoms with Crippen LogP contribution in [0.25, 0.3) is 20.4 Å². The minimum Gasteiger partial charge on any atom is -0.370 e. The zero-order valence-corrected chi connectivity index (χ0v) is 14.9. The van der Waals surface area contributed by atoms with Crippen LogP contribution in [0, 0.1) is 0 Å². The molecule has 0 saturated carbocycles. The van der Waals surface area contributed by atoms with Gasteiger partial charge in [-0.05, 0) is 25.8 Å². The van der Waals surface area contributed by atoms with Gasteiger partial charge in [-0.1, -0.05) is 13.3 Å². The summed E-state index contributed by atoms with van der Waals surface area (Å²) < 4.78 is 7.62. The second-order valence-corrected chi connectivity index (χ2v) is 7.91. The van der Waals surface area contributed by atoms with E-state index in [0.29, 0.717) is 16.8 Å². The Kier molecular flexibility index (Phi) is 3.40. The third kappa shape index (κ3) is 2.22. The predicted octanol–water partition coefficient (Wildman–Crippen LogP) is 2.52. The second kappa shape index (κ2) is 5.26. The molecule has 4 rings (SSSR count). The van der Waals surface area contributed by atoms with Gasteiger partial charge in [0.15, 0.2) is 0 Å². The molecule has 4 heterocycles. The van der Waals surface area contributed by atoms with Crippen LogP contribution >= 0.6 is 11.3 Å². The summed E-state index contributed by atoms with van der Waals surface area (Å²) in [7, 11) is 0. The summed E-state index contributed by atoms with van der Waals surface area (Å²) in [5, 5.41) is 0.999. The third-order valence-corrected chi connectivity index (χ3v) is 5.61. The molecule has 0 radical (unpaired) electrons. The van der Waals surface area contributed by atoms with Gasteiger partial charge in [-0.3, -0.25) is 4.79 Å². The second-order valence-electron chi connectivity index (χ2n) is 6.91. The summed E-state index contributed by atoms with van der Waals surface area (Å²) in [6.07, 6.45) is 4.10. The van der Waals surface area contributed by atoms with Crippen molar-refractivity contribution in [2.24, 2.45) is 0 Å². The van der Waals surface area contributed by atoms with Gasteiger partial charge in [0, 0.05) is 23.1 Å².